The van der Waals surface area contributed by atoms with E-state index in [1.165, 1.54) is 6.20 Å². The summed E-state index contributed by atoms with van der Waals surface area (Å²) in [6.45, 7) is 0. The second-order valence-electron chi connectivity index (χ2n) is 4.52. The summed E-state index contributed by atoms with van der Waals surface area (Å²) in [6.07, 6.45) is 3.31. The average Bonchev–Trinajstić information content (AvgIpc) is 2.91. The summed E-state index contributed by atoms with van der Waals surface area (Å²) in [5, 5.41) is 10.2. The van der Waals surface area contributed by atoms with Crippen LogP contribution in [-0.4, -0.2) is 21.1 Å². The number of nitrogens with two attached hydrogens (primary N) is 1. The molecule has 6 nitrogen and oxygen atoms in total. The van der Waals surface area contributed by atoms with Crippen molar-refractivity contribution < 1.29 is 4.79 Å². The van der Waals surface area contributed by atoms with E-state index in [1.54, 1.807) is 34.9 Å². The fraction of sp³-hybridized carbons (Fsp3) is 0. The lowest BCUT2D eigenvalue weighted by Gasteiger charge is -2.06. The van der Waals surface area contributed by atoms with Crippen molar-refractivity contribution in [2.75, 3.05) is 5.32 Å². The molecule has 2 heterocycles. The van der Waals surface area contributed by atoms with Crippen molar-refractivity contribution >= 4 is 23.1 Å². The molecule has 0 bridgehead atoms. The Hall–Kier alpha value is -3.15. The molecule has 0 radical (unpaired) electrons. The van der Waals surface area contributed by atoms with Crippen LogP contribution in [0.4, 0.5) is 5.69 Å². The van der Waals surface area contributed by atoms with Crippen LogP contribution in [0, 0.1) is 5.41 Å². The third-order valence-corrected chi connectivity index (χ3v) is 3.08. The number of amides is 1. The molecule has 3 rings (SSSR count). The first-order valence-corrected chi connectivity index (χ1v) is 6.33. The molecule has 0 fully saturated rings. The van der Waals surface area contributed by atoms with Crippen LogP contribution >= 0.6 is 0 Å². The van der Waals surface area contributed by atoms with E-state index in [9.17, 15) is 4.79 Å². The summed E-state index contributed by atoms with van der Waals surface area (Å²) in [7, 11) is 0. The van der Waals surface area contributed by atoms with E-state index in [1.807, 2.05) is 18.2 Å². The summed E-state index contributed by atoms with van der Waals surface area (Å²) in [5.74, 6) is -0.310. The number of rotatable bonds is 3. The van der Waals surface area contributed by atoms with Crippen LogP contribution < -0.4 is 11.1 Å². The van der Waals surface area contributed by atoms with Crippen molar-refractivity contribution in [3.05, 3.63) is 66.1 Å². The highest BCUT2D eigenvalue weighted by Gasteiger charge is 2.12. The summed E-state index contributed by atoms with van der Waals surface area (Å²) in [6, 6.07) is 12.4. The number of imidazole rings is 1. The maximum absolute atomic E-state index is 12.3. The first-order chi connectivity index (χ1) is 10.1. The van der Waals surface area contributed by atoms with Crippen LogP contribution in [0.15, 0.2) is 54.9 Å². The van der Waals surface area contributed by atoms with Crippen molar-refractivity contribution in [3.63, 3.8) is 0 Å². The molecule has 2 aromatic heterocycles. The normalized spacial score (nSPS) is 10.5. The quantitative estimate of drug-likeness (QED) is 0.504. The van der Waals surface area contributed by atoms with Crippen molar-refractivity contribution in [1.29, 1.82) is 5.41 Å². The zero-order valence-corrected chi connectivity index (χ0v) is 11.1. The number of benzene rings is 1. The number of carbonyl (C=O) groups is 1. The molecular formula is C15H13N5O. The molecule has 1 amide bonds. The highest BCUT2D eigenvalue weighted by Crippen LogP contribution is 2.13. The number of hydrogen-bond donors (Lipinski definition) is 3. The number of nitrogen functional groups attached to an aromatic ring is 1. The summed E-state index contributed by atoms with van der Waals surface area (Å²) >= 11 is 0. The predicted molar refractivity (Wildman–Crippen MR) is 80.6 cm³/mol. The predicted octanol–water partition coefficient (Wildman–Crippen LogP) is 1.87. The van der Waals surface area contributed by atoms with Gasteiger partial charge in [0.2, 0.25) is 0 Å². The first kappa shape index (κ1) is 12.9. The van der Waals surface area contributed by atoms with E-state index in [-0.39, 0.29) is 11.7 Å². The number of anilines is 1. The number of carbonyl (C=O) groups excluding carboxylic acids is 1. The Morgan fingerprint density at radius 3 is 2.90 bits per heavy atom. The van der Waals surface area contributed by atoms with Gasteiger partial charge in [0.1, 0.15) is 17.2 Å². The highest BCUT2D eigenvalue weighted by molar-refractivity contribution is 6.04. The standard InChI is InChI=1S/C15H13N5O/c16-14(17)10-4-3-5-11(8-10)19-15(21)12-9-18-13-6-1-2-7-20(12)13/h1-9H,(H3,16,17)(H,19,21). The maximum Gasteiger partial charge on any atom is 0.274 e. The van der Waals surface area contributed by atoms with Gasteiger partial charge in [0.25, 0.3) is 5.91 Å². The SMILES string of the molecule is N=C(N)c1cccc(NC(=O)c2cnc3ccccn23)c1. The zero-order valence-electron chi connectivity index (χ0n) is 11.1. The minimum atomic E-state index is -0.269. The zero-order chi connectivity index (χ0) is 14.8. The van der Waals surface area contributed by atoms with Crippen LogP contribution in [0.25, 0.3) is 5.65 Å². The lowest BCUT2D eigenvalue weighted by molar-refractivity contribution is 0.102. The van der Waals surface area contributed by atoms with Gasteiger partial charge in [0, 0.05) is 17.4 Å². The van der Waals surface area contributed by atoms with Crippen LogP contribution in [0.5, 0.6) is 0 Å². The largest absolute Gasteiger partial charge is 0.384 e. The van der Waals surface area contributed by atoms with Gasteiger partial charge in [0.15, 0.2) is 0 Å². The second kappa shape index (κ2) is 5.09. The summed E-state index contributed by atoms with van der Waals surface area (Å²) in [5.41, 5.74) is 7.73. The third-order valence-electron chi connectivity index (χ3n) is 3.08. The Morgan fingerprint density at radius 2 is 2.10 bits per heavy atom. The van der Waals surface area contributed by atoms with Gasteiger partial charge in [-0.2, -0.15) is 0 Å². The van der Waals surface area contributed by atoms with Crippen LogP contribution in [0.2, 0.25) is 0 Å². The molecule has 0 aliphatic carbocycles. The van der Waals surface area contributed by atoms with Crippen LogP contribution in [0.1, 0.15) is 16.1 Å². The molecule has 1 aromatic carbocycles. The monoisotopic (exact) mass is 279 g/mol. The Kier molecular flexibility index (Phi) is 3.12. The Balaban J connectivity index is 1.90. The third kappa shape index (κ3) is 2.46. The van der Waals surface area contributed by atoms with Gasteiger partial charge in [0.05, 0.1) is 6.20 Å². The number of nitrogens with zero attached hydrogens (tertiary/aromatic N) is 2. The first-order valence-electron chi connectivity index (χ1n) is 6.33. The number of hydrogen-bond acceptors (Lipinski definition) is 3. The van der Waals surface area contributed by atoms with Crippen molar-refractivity contribution in [2.45, 2.75) is 0 Å². The molecule has 0 atom stereocenters. The molecule has 0 saturated heterocycles. The molecule has 0 aliphatic heterocycles. The van der Waals surface area contributed by atoms with E-state index in [0.717, 1.165) is 0 Å². The Morgan fingerprint density at radius 1 is 1.24 bits per heavy atom. The minimum Gasteiger partial charge on any atom is -0.384 e. The van der Waals surface area contributed by atoms with Gasteiger partial charge >= 0.3 is 0 Å². The second-order valence-corrected chi connectivity index (χ2v) is 4.52. The summed E-state index contributed by atoms with van der Waals surface area (Å²) in [4.78, 5) is 16.5. The van der Waals surface area contributed by atoms with Crippen molar-refractivity contribution in [1.82, 2.24) is 9.38 Å². The van der Waals surface area contributed by atoms with E-state index in [2.05, 4.69) is 10.3 Å². The topological polar surface area (TPSA) is 96.3 Å². The molecule has 0 spiro atoms. The Bertz CT molecular complexity index is 837. The maximum atomic E-state index is 12.3. The van der Waals surface area contributed by atoms with Gasteiger partial charge in [-0.05, 0) is 24.3 Å². The minimum absolute atomic E-state index is 0.0408. The van der Waals surface area contributed by atoms with Gasteiger partial charge < -0.3 is 11.1 Å². The molecule has 21 heavy (non-hydrogen) atoms. The number of amidine groups is 1. The summed E-state index contributed by atoms with van der Waals surface area (Å²) < 4.78 is 1.71. The molecular weight excluding hydrogens is 266 g/mol. The number of pyridine rings is 1. The number of fused-ring (bicyclic) bond motifs is 1. The molecule has 3 aromatic rings. The van der Waals surface area contributed by atoms with E-state index < -0.39 is 0 Å². The molecule has 4 N–H and O–H groups in total. The number of aromatic nitrogens is 2. The van der Waals surface area contributed by atoms with Crippen molar-refractivity contribution in [2.24, 2.45) is 5.73 Å². The number of nitrogens with one attached hydrogen (secondary N) is 2. The fourth-order valence-corrected chi connectivity index (χ4v) is 2.06. The molecule has 104 valence electrons. The average molecular weight is 279 g/mol. The lowest BCUT2D eigenvalue weighted by Crippen LogP contribution is -2.15. The van der Waals surface area contributed by atoms with Gasteiger partial charge in [-0.15, -0.1) is 0 Å². The van der Waals surface area contributed by atoms with Crippen LogP contribution in [-0.2, 0) is 0 Å². The fourth-order valence-electron chi connectivity index (χ4n) is 2.06. The van der Waals surface area contributed by atoms with Gasteiger partial charge in [-0.1, -0.05) is 18.2 Å². The lowest BCUT2D eigenvalue weighted by atomic mass is 10.2. The van der Waals surface area contributed by atoms with E-state index in [4.69, 9.17) is 11.1 Å². The van der Waals surface area contributed by atoms with Gasteiger partial charge in [-0.25, -0.2) is 4.98 Å². The van der Waals surface area contributed by atoms with Gasteiger partial charge in [-0.3, -0.25) is 14.6 Å². The van der Waals surface area contributed by atoms with Crippen LogP contribution in [0.3, 0.4) is 0 Å². The molecule has 0 saturated carbocycles. The molecule has 0 aliphatic rings. The highest BCUT2D eigenvalue weighted by atomic mass is 16.1. The van der Waals surface area contributed by atoms with E-state index >= 15 is 0 Å². The Labute approximate surface area is 120 Å². The van der Waals surface area contributed by atoms with E-state index in [0.29, 0.717) is 22.6 Å². The molecule has 0 unspecified atom stereocenters. The molecule has 6 heteroatoms. The smallest absolute Gasteiger partial charge is 0.274 e. The van der Waals surface area contributed by atoms with Crippen molar-refractivity contribution in [3.8, 4) is 0 Å².